The predicted octanol–water partition coefficient (Wildman–Crippen LogP) is 7.07. The number of nitrogens with one attached hydrogen (secondary N) is 1. The van der Waals surface area contributed by atoms with Crippen LogP contribution in [0.4, 0.5) is 24.5 Å². The Bertz CT molecular complexity index is 1410. The number of hydrogen-bond acceptors (Lipinski definition) is 15. The molecule has 2 aromatic rings. The molecule has 0 heterocycles. The smallest absolute Gasteiger partial charge is 0.416 e. The number of unbranched alkanes of at least 4 members (excludes halogenated alkanes) is 5. The first-order valence-corrected chi connectivity index (χ1v) is 21.9. The average molecular weight is 906 g/mol. The zero-order valence-electron chi connectivity index (χ0n) is 37.0. The van der Waals surface area contributed by atoms with Crippen LogP contribution < -0.4 is 5.32 Å². The number of benzene rings is 2. The van der Waals surface area contributed by atoms with Gasteiger partial charge >= 0.3 is 18.1 Å². The Morgan fingerprint density at radius 1 is 0.476 bits per heavy atom. The molecule has 1 N–H and O–H groups in total. The van der Waals surface area contributed by atoms with Crippen molar-refractivity contribution in [2.24, 2.45) is 0 Å². The van der Waals surface area contributed by atoms with E-state index in [9.17, 15) is 22.8 Å². The van der Waals surface area contributed by atoms with Crippen molar-refractivity contribution in [3.05, 3.63) is 59.7 Å². The van der Waals surface area contributed by atoms with Gasteiger partial charge in [-0.3, -0.25) is 4.79 Å². The Balaban J connectivity index is 1.24. The molecule has 0 amide bonds. The Morgan fingerprint density at radius 2 is 0.873 bits per heavy atom. The topological polar surface area (TPSA) is 157 Å². The van der Waals surface area contributed by atoms with Crippen LogP contribution in [0.3, 0.4) is 0 Å². The van der Waals surface area contributed by atoms with Crippen LogP contribution in [0.15, 0.2) is 48.5 Å². The summed E-state index contributed by atoms with van der Waals surface area (Å²) in [6, 6.07) is 11.1. The Kier molecular flexibility index (Phi) is 34.5. The molecule has 0 fully saturated rings. The molecule has 0 atom stereocenters. The van der Waals surface area contributed by atoms with Gasteiger partial charge in [0.15, 0.2) is 0 Å². The summed E-state index contributed by atoms with van der Waals surface area (Å²) in [7, 11) is 0. The lowest BCUT2D eigenvalue weighted by atomic mass is 10.1. The average Bonchev–Trinajstić information content (AvgIpc) is 3.27. The lowest BCUT2D eigenvalue weighted by Gasteiger charge is -2.13. The van der Waals surface area contributed by atoms with E-state index in [-0.39, 0.29) is 37.0 Å². The highest BCUT2D eigenvalue weighted by Gasteiger charge is 2.30. The fourth-order valence-electron chi connectivity index (χ4n) is 5.39. The van der Waals surface area contributed by atoms with E-state index in [2.05, 4.69) is 12.2 Å². The van der Waals surface area contributed by atoms with Gasteiger partial charge in [0.25, 0.3) is 0 Å². The number of anilines is 2. The van der Waals surface area contributed by atoms with Crippen molar-refractivity contribution < 1.29 is 79.6 Å². The van der Waals surface area contributed by atoms with Crippen LogP contribution in [-0.4, -0.2) is 157 Å². The van der Waals surface area contributed by atoms with E-state index in [1.165, 1.54) is 43.9 Å². The van der Waals surface area contributed by atoms with E-state index < -0.39 is 17.7 Å². The maximum absolute atomic E-state index is 13.1. The van der Waals surface area contributed by atoms with Gasteiger partial charge in [-0.15, -0.1) is 0 Å². The van der Waals surface area contributed by atoms with Gasteiger partial charge < -0.3 is 62.2 Å². The summed E-state index contributed by atoms with van der Waals surface area (Å²) in [5.74, 6) is -0.791. The molecule has 360 valence electrons. The van der Waals surface area contributed by atoms with Crippen molar-refractivity contribution in [2.45, 2.75) is 58.0 Å². The summed E-state index contributed by atoms with van der Waals surface area (Å²) in [4.78, 5) is 24.3. The molecule has 0 aliphatic carbocycles. The number of esters is 2. The summed E-state index contributed by atoms with van der Waals surface area (Å²) in [5.41, 5.74) is -0.104. The fraction of sp³-hybridized carbons (Fsp3) is 0.689. The molecule has 0 radical (unpaired) electrons. The minimum atomic E-state index is -4.48. The molecule has 63 heavy (non-hydrogen) atoms. The van der Waals surface area contributed by atoms with E-state index >= 15 is 0 Å². The van der Waals surface area contributed by atoms with E-state index in [1.807, 2.05) is 0 Å². The predicted molar refractivity (Wildman–Crippen MR) is 229 cm³/mol. The monoisotopic (exact) mass is 905 g/mol. The summed E-state index contributed by atoms with van der Waals surface area (Å²) in [6.07, 6.45) is 2.84. The molecule has 0 saturated carbocycles. The summed E-state index contributed by atoms with van der Waals surface area (Å²) >= 11 is 0. The lowest BCUT2D eigenvalue weighted by molar-refractivity contribution is -0.145. The molecule has 18 heteroatoms. The first-order valence-electron chi connectivity index (χ1n) is 21.9. The van der Waals surface area contributed by atoms with Gasteiger partial charge in [-0.2, -0.15) is 13.2 Å². The van der Waals surface area contributed by atoms with Gasteiger partial charge in [-0.1, -0.05) is 57.2 Å². The van der Waals surface area contributed by atoms with E-state index in [4.69, 9.17) is 56.8 Å². The number of hydrogen-bond donors (Lipinski definition) is 1. The third kappa shape index (κ3) is 32.0. The van der Waals surface area contributed by atoms with Gasteiger partial charge in [0.05, 0.1) is 149 Å². The summed E-state index contributed by atoms with van der Waals surface area (Å²) in [5, 5.41) is 2.86. The Morgan fingerprint density at radius 3 is 1.32 bits per heavy atom. The van der Waals surface area contributed by atoms with Crippen molar-refractivity contribution in [3.63, 3.8) is 0 Å². The van der Waals surface area contributed by atoms with Crippen molar-refractivity contribution in [3.8, 4) is 0 Å². The van der Waals surface area contributed by atoms with Gasteiger partial charge in [0.1, 0.15) is 13.2 Å². The molecular weight excluding hydrogens is 835 g/mol. The molecule has 0 saturated heterocycles. The zero-order valence-corrected chi connectivity index (χ0v) is 37.0. The van der Waals surface area contributed by atoms with Crippen LogP contribution in [0.25, 0.3) is 0 Å². The number of halogens is 3. The van der Waals surface area contributed by atoms with Crippen molar-refractivity contribution in [1.29, 1.82) is 0 Å². The normalized spacial score (nSPS) is 11.6. The first kappa shape index (κ1) is 55.7. The maximum atomic E-state index is 13.1. The molecule has 0 unspecified atom stereocenters. The molecule has 0 bridgehead atoms. The lowest BCUT2D eigenvalue weighted by Crippen LogP contribution is -2.16. The number of carbonyl (C=O) groups excluding carboxylic acids is 2. The van der Waals surface area contributed by atoms with E-state index in [1.54, 1.807) is 18.2 Å². The molecule has 0 aromatic heterocycles. The van der Waals surface area contributed by atoms with Crippen LogP contribution in [0.5, 0.6) is 0 Å². The second-order valence-electron chi connectivity index (χ2n) is 13.7. The van der Waals surface area contributed by atoms with Gasteiger partial charge in [0, 0.05) is 12.1 Å². The van der Waals surface area contributed by atoms with Crippen LogP contribution in [0.2, 0.25) is 0 Å². The molecule has 2 rings (SSSR count). The van der Waals surface area contributed by atoms with Crippen LogP contribution in [0.1, 0.15) is 67.8 Å². The first-order chi connectivity index (χ1) is 30.8. The minimum Gasteiger partial charge on any atom is -0.463 e. The largest absolute Gasteiger partial charge is 0.463 e. The Labute approximate surface area is 370 Å². The van der Waals surface area contributed by atoms with Crippen molar-refractivity contribution in [1.82, 2.24) is 0 Å². The van der Waals surface area contributed by atoms with Gasteiger partial charge in [-0.05, 0) is 36.8 Å². The van der Waals surface area contributed by atoms with E-state index in [0.717, 1.165) is 25.0 Å². The highest BCUT2D eigenvalue weighted by molar-refractivity contribution is 5.96. The van der Waals surface area contributed by atoms with Crippen LogP contribution >= 0.6 is 0 Å². The van der Waals surface area contributed by atoms with Crippen LogP contribution in [-0.2, 0) is 67.8 Å². The highest BCUT2D eigenvalue weighted by atomic mass is 19.4. The second-order valence-corrected chi connectivity index (χ2v) is 13.7. The summed E-state index contributed by atoms with van der Waals surface area (Å²) in [6.45, 7) is 10.7. The third-order valence-electron chi connectivity index (χ3n) is 8.65. The Hall–Kier alpha value is -3.43. The molecule has 0 aliphatic heterocycles. The molecule has 0 aliphatic rings. The quantitative estimate of drug-likeness (QED) is 0.0532. The molecule has 2 aromatic carbocycles. The molecular formula is C45H70F3NO14. The molecule has 0 spiro atoms. The number of ether oxygens (including phenoxy) is 12. The minimum absolute atomic E-state index is 0.00717. The fourth-order valence-corrected chi connectivity index (χ4v) is 5.39. The number of rotatable bonds is 43. The third-order valence-corrected chi connectivity index (χ3v) is 8.65. The standard InChI is InChI=1S/C45H70F3NO14/c1-2-3-4-5-6-7-15-43(50)62-36-34-60-32-30-58-28-26-56-24-22-54-20-18-52-16-17-53-19-21-55-23-25-57-27-29-59-31-33-61-35-37-63-44(51)41-13-8-9-14-42(41)49-40-12-10-11-39(38-40)45(46,47)48/h8-14,38,49H,2-7,15-37H2,1H3. The summed E-state index contributed by atoms with van der Waals surface area (Å²) < 4.78 is 104. The maximum Gasteiger partial charge on any atom is 0.416 e. The van der Waals surface area contributed by atoms with Gasteiger partial charge in [0.2, 0.25) is 0 Å². The SMILES string of the molecule is CCCCCCCCC(=O)OCCOCCOCCOCCOCCOCCOCCOCCOCCOCCOCCOC(=O)c1ccccc1Nc1cccc(C(F)(F)F)c1. The van der Waals surface area contributed by atoms with Crippen molar-refractivity contribution in [2.75, 3.05) is 151 Å². The number of alkyl halides is 3. The van der Waals surface area contributed by atoms with E-state index in [0.29, 0.717) is 138 Å². The van der Waals surface area contributed by atoms with Crippen LogP contribution in [0, 0.1) is 0 Å². The zero-order chi connectivity index (χ0) is 45.3. The molecule has 15 nitrogen and oxygen atoms in total. The highest BCUT2D eigenvalue weighted by Crippen LogP contribution is 2.32. The second kappa shape index (κ2) is 39.0. The van der Waals surface area contributed by atoms with Gasteiger partial charge in [-0.25, -0.2) is 4.79 Å². The van der Waals surface area contributed by atoms with Crippen molar-refractivity contribution >= 4 is 23.3 Å². The number of para-hydroxylation sites is 1. The number of carbonyl (C=O) groups is 2.